The Balaban J connectivity index is 1.84. The number of para-hydroxylation sites is 1. The molecule has 1 aliphatic carbocycles. The molecule has 1 heterocycles. The maximum Gasteiger partial charge on any atom is 0.270 e. The fourth-order valence-corrected chi connectivity index (χ4v) is 2.37. The van der Waals surface area contributed by atoms with Gasteiger partial charge >= 0.3 is 0 Å². The molecular formula is C15H18N2O2. The van der Waals surface area contributed by atoms with Gasteiger partial charge in [0.1, 0.15) is 5.69 Å². The zero-order valence-electron chi connectivity index (χ0n) is 11.1. The highest BCUT2D eigenvalue weighted by Gasteiger charge is 2.33. The number of H-pyrrole nitrogens is 1. The number of nitrogens with one attached hydrogen (secondary N) is 1. The van der Waals surface area contributed by atoms with Crippen LogP contribution < -0.4 is 0 Å². The van der Waals surface area contributed by atoms with Gasteiger partial charge in [0.2, 0.25) is 0 Å². The fourth-order valence-electron chi connectivity index (χ4n) is 2.37. The van der Waals surface area contributed by atoms with E-state index < -0.39 is 0 Å². The van der Waals surface area contributed by atoms with E-state index in [2.05, 4.69) is 4.98 Å². The molecule has 4 heteroatoms. The molecule has 0 spiro atoms. The smallest absolute Gasteiger partial charge is 0.270 e. The van der Waals surface area contributed by atoms with Gasteiger partial charge in [0, 0.05) is 30.6 Å². The van der Waals surface area contributed by atoms with Crippen molar-refractivity contribution in [2.24, 2.45) is 0 Å². The second-order valence-electron chi connectivity index (χ2n) is 4.99. The van der Waals surface area contributed by atoms with E-state index in [0.717, 1.165) is 23.7 Å². The number of amides is 1. The summed E-state index contributed by atoms with van der Waals surface area (Å²) < 4.78 is 5.09. The number of fused-ring (bicyclic) bond motifs is 1. The highest BCUT2D eigenvalue weighted by molar-refractivity contribution is 5.98. The van der Waals surface area contributed by atoms with Crippen molar-refractivity contribution in [3.63, 3.8) is 0 Å². The third-order valence-corrected chi connectivity index (χ3v) is 3.55. The van der Waals surface area contributed by atoms with E-state index in [0.29, 0.717) is 24.9 Å². The molecule has 0 bridgehead atoms. The maximum absolute atomic E-state index is 12.5. The quantitative estimate of drug-likeness (QED) is 0.895. The highest BCUT2D eigenvalue weighted by atomic mass is 16.5. The molecule has 100 valence electrons. The minimum atomic E-state index is 0.0794. The summed E-state index contributed by atoms with van der Waals surface area (Å²) in [5.74, 6) is 0.0794. The average Bonchev–Trinajstić information content (AvgIpc) is 3.17. The van der Waals surface area contributed by atoms with Crippen LogP contribution in [0.15, 0.2) is 30.3 Å². The standard InChI is InChI=1S/C15H18N2O2/c1-19-9-8-17(12-6-7-12)15(18)14-10-11-4-2-3-5-13(11)16-14/h2-5,10,12,16H,6-9H2,1H3. The lowest BCUT2D eigenvalue weighted by Crippen LogP contribution is -2.36. The van der Waals surface area contributed by atoms with Gasteiger partial charge in [-0.3, -0.25) is 4.79 Å². The van der Waals surface area contributed by atoms with Gasteiger partial charge in [-0.25, -0.2) is 0 Å². The number of carbonyl (C=O) groups is 1. The Bertz CT molecular complexity index is 554. The Morgan fingerprint density at radius 3 is 2.89 bits per heavy atom. The normalized spacial score (nSPS) is 14.8. The van der Waals surface area contributed by atoms with E-state index in [4.69, 9.17) is 4.74 Å². The molecule has 1 aromatic heterocycles. The number of carbonyl (C=O) groups excluding carboxylic acids is 1. The molecule has 0 radical (unpaired) electrons. The number of aromatic amines is 1. The number of rotatable bonds is 5. The van der Waals surface area contributed by atoms with Gasteiger partial charge in [0.05, 0.1) is 6.61 Å². The van der Waals surface area contributed by atoms with Crippen molar-refractivity contribution in [1.29, 1.82) is 0 Å². The van der Waals surface area contributed by atoms with Crippen LogP contribution in [0.1, 0.15) is 23.3 Å². The SMILES string of the molecule is COCCN(C(=O)c1cc2ccccc2[nH]1)C1CC1. The van der Waals surface area contributed by atoms with Gasteiger partial charge < -0.3 is 14.6 Å². The minimum Gasteiger partial charge on any atom is -0.383 e. The van der Waals surface area contributed by atoms with E-state index in [1.54, 1.807) is 7.11 Å². The lowest BCUT2D eigenvalue weighted by molar-refractivity contribution is 0.0675. The summed E-state index contributed by atoms with van der Waals surface area (Å²) in [6.07, 6.45) is 2.21. The Morgan fingerprint density at radius 2 is 2.21 bits per heavy atom. The molecule has 1 N–H and O–H groups in total. The summed E-state index contributed by atoms with van der Waals surface area (Å²) in [5, 5.41) is 1.08. The summed E-state index contributed by atoms with van der Waals surface area (Å²) in [7, 11) is 1.67. The largest absolute Gasteiger partial charge is 0.383 e. The van der Waals surface area contributed by atoms with Crippen molar-refractivity contribution in [1.82, 2.24) is 9.88 Å². The summed E-state index contributed by atoms with van der Waals surface area (Å²) >= 11 is 0. The van der Waals surface area contributed by atoms with E-state index in [1.165, 1.54) is 0 Å². The first-order valence-electron chi connectivity index (χ1n) is 6.67. The highest BCUT2D eigenvalue weighted by Crippen LogP contribution is 2.28. The van der Waals surface area contributed by atoms with Gasteiger partial charge in [-0.15, -0.1) is 0 Å². The molecule has 0 saturated heterocycles. The monoisotopic (exact) mass is 258 g/mol. The number of nitrogens with zero attached hydrogens (tertiary/aromatic N) is 1. The topological polar surface area (TPSA) is 45.3 Å². The van der Waals surface area contributed by atoms with Crippen LogP contribution in [0.25, 0.3) is 10.9 Å². The van der Waals surface area contributed by atoms with Crippen LogP contribution in [-0.2, 0) is 4.74 Å². The third-order valence-electron chi connectivity index (χ3n) is 3.55. The Kier molecular flexibility index (Phi) is 3.25. The molecule has 1 aromatic carbocycles. The first-order valence-corrected chi connectivity index (χ1v) is 6.67. The van der Waals surface area contributed by atoms with Gasteiger partial charge in [-0.05, 0) is 25.0 Å². The molecule has 1 amide bonds. The van der Waals surface area contributed by atoms with Crippen LogP contribution in [0.2, 0.25) is 0 Å². The fraction of sp³-hybridized carbons (Fsp3) is 0.400. The van der Waals surface area contributed by atoms with E-state index in [1.807, 2.05) is 35.2 Å². The molecule has 3 rings (SSSR count). The predicted molar refractivity (Wildman–Crippen MR) is 74.2 cm³/mol. The maximum atomic E-state index is 12.5. The van der Waals surface area contributed by atoms with Crippen molar-refractivity contribution in [2.45, 2.75) is 18.9 Å². The second-order valence-corrected chi connectivity index (χ2v) is 4.99. The molecule has 1 aliphatic rings. The molecule has 19 heavy (non-hydrogen) atoms. The molecule has 2 aromatic rings. The Morgan fingerprint density at radius 1 is 1.42 bits per heavy atom. The lowest BCUT2D eigenvalue weighted by Gasteiger charge is -2.21. The summed E-state index contributed by atoms with van der Waals surface area (Å²) in [4.78, 5) is 17.7. The van der Waals surface area contributed by atoms with Crippen LogP contribution >= 0.6 is 0 Å². The molecule has 1 saturated carbocycles. The molecule has 0 atom stereocenters. The molecule has 4 nitrogen and oxygen atoms in total. The number of benzene rings is 1. The van der Waals surface area contributed by atoms with Crippen molar-refractivity contribution < 1.29 is 9.53 Å². The average molecular weight is 258 g/mol. The number of hydrogen-bond acceptors (Lipinski definition) is 2. The molecular weight excluding hydrogens is 240 g/mol. The zero-order valence-corrected chi connectivity index (χ0v) is 11.1. The minimum absolute atomic E-state index is 0.0794. The first kappa shape index (κ1) is 12.2. The van der Waals surface area contributed by atoms with Crippen LogP contribution in [0.3, 0.4) is 0 Å². The van der Waals surface area contributed by atoms with Crippen LogP contribution in [0, 0.1) is 0 Å². The van der Waals surface area contributed by atoms with Crippen molar-refractivity contribution >= 4 is 16.8 Å². The predicted octanol–water partition coefficient (Wildman–Crippen LogP) is 2.42. The van der Waals surface area contributed by atoms with Crippen LogP contribution in [0.5, 0.6) is 0 Å². The molecule has 0 unspecified atom stereocenters. The third kappa shape index (κ3) is 2.49. The van der Waals surface area contributed by atoms with E-state index in [9.17, 15) is 4.79 Å². The Labute approximate surface area is 112 Å². The van der Waals surface area contributed by atoms with E-state index >= 15 is 0 Å². The zero-order chi connectivity index (χ0) is 13.2. The Hall–Kier alpha value is -1.81. The van der Waals surface area contributed by atoms with Crippen LogP contribution in [-0.4, -0.2) is 42.1 Å². The van der Waals surface area contributed by atoms with Gasteiger partial charge in [0.15, 0.2) is 0 Å². The summed E-state index contributed by atoms with van der Waals surface area (Å²) in [6, 6.07) is 10.3. The van der Waals surface area contributed by atoms with E-state index in [-0.39, 0.29) is 5.91 Å². The second kappa shape index (κ2) is 5.05. The number of ether oxygens (including phenoxy) is 1. The number of methoxy groups -OCH3 is 1. The summed E-state index contributed by atoms with van der Waals surface area (Å²) in [6.45, 7) is 1.25. The van der Waals surface area contributed by atoms with Crippen molar-refractivity contribution in [3.05, 3.63) is 36.0 Å². The number of aromatic nitrogens is 1. The van der Waals surface area contributed by atoms with Crippen LogP contribution in [0.4, 0.5) is 0 Å². The number of hydrogen-bond donors (Lipinski definition) is 1. The molecule has 1 fully saturated rings. The van der Waals surface area contributed by atoms with Gasteiger partial charge in [-0.1, -0.05) is 18.2 Å². The molecule has 0 aliphatic heterocycles. The van der Waals surface area contributed by atoms with Crippen molar-refractivity contribution in [3.8, 4) is 0 Å². The van der Waals surface area contributed by atoms with Crippen molar-refractivity contribution in [2.75, 3.05) is 20.3 Å². The summed E-state index contributed by atoms with van der Waals surface area (Å²) in [5.41, 5.74) is 1.68. The van der Waals surface area contributed by atoms with Gasteiger partial charge in [-0.2, -0.15) is 0 Å². The first-order chi connectivity index (χ1) is 9.29. The lowest BCUT2D eigenvalue weighted by atomic mass is 10.2. The van der Waals surface area contributed by atoms with Gasteiger partial charge in [0.25, 0.3) is 5.91 Å².